The lowest BCUT2D eigenvalue weighted by Crippen LogP contribution is -2.16. The Hall–Kier alpha value is -5.08. The standard InChI is InChI=1S/C40H32N2/c1-3-7-31(8-4-1)33-19-25-39-35(27-33)17-23-37(41-39)21-15-29-11-13-30(14-12-29)16-22-38-24-18-36-28-34(20-26-40(36)42-38)32-9-5-2-6-10-32/h1-9,11-16,18-28,32,35H,10,17H2/b21-15+,22-16+. The van der Waals surface area contributed by atoms with Gasteiger partial charge in [-0.05, 0) is 77.1 Å². The summed E-state index contributed by atoms with van der Waals surface area (Å²) in [4.78, 5) is 9.78. The van der Waals surface area contributed by atoms with Gasteiger partial charge in [0.15, 0.2) is 0 Å². The van der Waals surface area contributed by atoms with Crippen LogP contribution >= 0.6 is 0 Å². The van der Waals surface area contributed by atoms with Crippen LogP contribution in [0.25, 0.3) is 34.7 Å². The highest BCUT2D eigenvalue weighted by Gasteiger charge is 2.19. The Morgan fingerprint density at radius 3 is 2.33 bits per heavy atom. The van der Waals surface area contributed by atoms with Gasteiger partial charge in [0.1, 0.15) is 0 Å². The zero-order valence-electron chi connectivity index (χ0n) is 23.5. The average molecular weight is 541 g/mol. The van der Waals surface area contributed by atoms with Crippen molar-refractivity contribution in [3.63, 3.8) is 0 Å². The number of aliphatic imine (C=N–C) groups is 1. The minimum Gasteiger partial charge on any atom is -0.253 e. The number of rotatable bonds is 6. The second-order valence-corrected chi connectivity index (χ2v) is 11.0. The van der Waals surface area contributed by atoms with Crippen molar-refractivity contribution < 1.29 is 0 Å². The minimum absolute atomic E-state index is 0.347. The molecule has 1 aromatic heterocycles. The van der Waals surface area contributed by atoms with Gasteiger partial charge in [0.05, 0.1) is 16.9 Å². The molecule has 3 aromatic carbocycles. The summed E-state index contributed by atoms with van der Waals surface area (Å²) in [5.74, 6) is 0.802. The van der Waals surface area contributed by atoms with Crippen molar-refractivity contribution >= 4 is 40.4 Å². The summed E-state index contributed by atoms with van der Waals surface area (Å²) in [6, 6.07) is 30.0. The first-order valence-electron chi connectivity index (χ1n) is 14.7. The van der Waals surface area contributed by atoms with E-state index in [2.05, 4.69) is 158 Å². The molecular weight excluding hydrogens is 508 g/mol. The van der Waals surface area contributed by atoms with Gasteiger partial charge in [-0.15, -0.1) is 0 Å². The molecular formula is C40H32N2. The highest BCUT2D eigenvalue weighted by molar-refractivity contribution is 6.04. The number of aromatic nitrogens is 1. The van der Waals surface area contributed by atoms with Gasteiger partial charge in [-0.25, -0.2) is 4.98 Å². The molecule has 2 unspecified atom stereocenters. The van der Waals surface area contributed by atoms with Gasteiger partial charge in [0, 0.05) is 22.9 Å². The molecule has 0 bridgehead atoms. The third-order valence-electron chi connectivity index (χ3n) is 8.11. The van der Waals surface area contributed by atoms with E-state index in [1.165, 1.54) is 22.1 Å². The predicted molar refractivity (Wildman–Crippen MR) is 179 cm³/mol. The van der Waals surface area contributed by atoms with Gasteiger partial charge in [0.2, 0.25) is 0 Å². The number of benzene rings is 3. The van der Waals surface area contributed by atoms with Crippen LogP contribution in [-0.2, 0) is 0 Å². The van der Waals surface area contributed by atoms with E-state index < -0.39 is 0 Å². The van der Waals surface area contributed by atoms with Gasteiger partial charge in [-0.3, -0.25) is 4.99 Å². The molecule has 4 aromatic rings. The van der Waals surface area contributed by atoms with Crippen molar-refractivity contribution in [2.75, 3.05) is 0 Å². The van der Waals surface area contributed by atoms with E-state index in [9.17, 15) is 0 Å². The molecule has 2 nitrogen and oxygen atoms in total. The number of nitrogens with zero attached hydrogens (tertiary/aromatic N) is 2. The molecule has 0 amide bonds. The molecule has 0 N–H and O–H groups in total. The van der Waals surface area contributed by atoms with Gasteiger partial charge in [-0.1, -0.05) is 121 Å². The summed E-state index contributed by atoms with van der Waals surface area (Å²) >= 11 is 0. The number of fused-ring (bicyclic) bond motifs is 2. The van der Waals surface area contributed by atoms with E-state index in [0.29, 0.717) is 11.8 Å². The largest absolute Gasteiger partial charge is 0.253 e. The first-order chi connectivity index (χ1) is 20.8. The van der Waals surface area contributed by atoms with E-state index in [-0.39, 0.29) is 0 Å². The smallest absolute Gasteiger partial charge is 0.0709 e. The molecule has 0 fully saturated rings. The monoisotopic (exact) mass is 540 g/mol. The highest BCUT2D eigenvalue weighted by Crippen LogP contribution is 2.30. The van der Waals surface area contributed by atoms with Crippen LogP contribution in [0.4, 0.5) is 0 Å². The second kappa shape index (κ2) is 11.8. The van der Waals surface area contributed by atoms with Crippen LogP contribution in [0.1, 0.15) is 46.7 Å². The number of allylic oxidation sites excluding steroid dienone is 10. The van der Waals surface area contributed by atoms with Gasteiger partial charge in [-0.2, -0.15) is 0 Å². The van der Waals surface area contributed by atoms with Crippen molar-refractivity contribution in [2.24, 2.45) is 10.9 Å². The number of hydrogen-bond donors (Lipinski definition) is 0. The summed E-state index contributed by atoms with van der Waals surface area (Å²) in [5, 5.41) is 1.19. The molecule has 0 spiro atoms. The van der Waals surface area contributed by atoms with Crippen LogP contribution < -0.4 is 0 Å². The fourth-order valence-electron chi connectivity index (χ4n) is 5.73. The van der Waals surface area contributed by atoms with Crippen molar-refractivity contribution in [1.29, 1.82) is 0 Å². The third-order valence-corrected chi connectivity index (χ3v) is 8.11. The zero-order chi connectivity index (χ0) is 28.1. The lowest BCUT2D eigenvalue weighted by Gasteiger charge is -2.21. The van der Waals surface area contributed by atoms with E-state index in [1.807, 2.05) is 0 Å². The zero-order valence-corrected chi connectivity index (χ0v) is 23.5. The van der Waals surface area contributed by atoms with E-state index in [4.69, 9.17) is 9.98 Å². The van der Waals surface area contributed by atoms with Crippen molar-refractivity contribution in [2.45, 2.75) is 18.8 Å². The Labute approximate surface area is 247 Å². The number of pyridine rings is 1. The molecule has 0 radical (unpaired) electrons. The van der Waals surface area contributed by atoms with E-state index in [1.54, 1.807) is 0 Å². The summed E-state index contributed by atoms with van der Waals surface area (Å²) < 4.78 is 0. The SMILES string of the molecule is C1=CCC(c2ccc3nc(/C=C/c4ccc(/C=C/C5=CCC6C=C(c7ccccc7)C=CC6=N5)cc4)ccc3c2)C=C1. The Morgan fingerprint density at radius 1 is 0.690 bits per heavy atom. The summed E-state index contributed by atoms with van der Waals surface area (Å²) in [5.41, 5.74) is 10.3. The first-order valence-corrected chi connectivity index (χ1v) is 14.7. The van der Waals surface area contributed by atoms with Gasteiger partial charge < -0.3 is 0 Å². The highest BCUT2D eigenvalue weighted by atomic mass is 14.8. The maximum atomic E-state index is 4.91. The lowest BCUT2D eigenvalue weighted by molar-refractivity contribution is 0.855. The quantitative estimate of drug-likeness (QED) is 0.239. The molecule has 2 atom stereocenters. The molecule has 2 aliphatic carbocycles. The summed E-state index contributed by atoms with van der Waals surface area (Å²) in [6.07, 6.45) is 28.2. The van der Waals surface area contributed by atoms with Crippen molar-refractivity contribution in [3.05, 3.63) is 173 Å². The van der Waals surface area contributed by atoms with Gasteiger partial charge >= 0.3 is 0 Å². The van der Waals surface area contributed by atoms with Crippen LogP contribution in [0.2, 0.25) is 0 Å². The molecule has 202 valence electrons. The second-order valence-electron chi connectivity index (χ2n) is 11.0. The molecule has 0 saturated carbocycles. The van der Waals surface area contributed by atoms with Crippen LogP contribution in [-0.4, -0.2) is 10.7 Å². The summed E-state index contributed by atoms with van der Waals surface area (Å²) in [6.45, 7) is 0. The molecule has 1 aliphatic heterocycles. The normalized spacial score (nSPS) is 19.7. The number of hydrogen-bond acceptors (Lipinski definition) is 2. The van der Waals surface area contributed by atoms with Crippen LogP contribution in [0.15, 0.2) is 150 Å². The molecule has 7 rings (SSSR count). The first kappa shape index (κ1) is 25.9. The minimum atomic E-state index is 0.347. The predicted octanol–water partition coefficient (Wildman–Crippen LogP) is 10.0. The molecule has 0 saturated heterocycles. The van der Waals surface area contributed by atoms with Gasteiger partial charge in [0.25, 0.3) is 0 Å². The van der Waals surface area contributed by atoms with E-state index >= 15 is 0 Å². The third kappa shape index (κ3) is 5.84. The maximum Gasteiger partial charge on any atom is 0.0709 e. The maximum absolute atomic E-state index is 4.91. The van der Waals surface area contributed by atoms with Crippen molar-refractivity contribution in [3.8, 4) is 0 Å². The van der Waals surface area contributed by atoms with Crippen LogP contribution in [0.5, 0.6) is 0 Å². The molecule has 2 heterocycles. The molecule has 2 heteroatoms. The Kier molecular flexibility index (Phi) is 7.27. The molecule has 3 aliphatic rings. The Bertz CT molecular complexity index is 1860. The lowest BCUT2D eigenvalue weighted by atomic mass is 9.87. The fraction of sp³-hybridized carbons (Fsp3) is 0.100. The Morgan fingerprint density at radius 2 is 1.52 bits per heavy atom. The topological polar surface area (TPSA) is 25.2 Å². The Balaban J connectivity index is 0.980. The fourth-order valence-corrected chi connectivity index (χ4v) is 5.73. The van der Waals surface area contributed by atoms with Crippen LogP contribution in [0.3, 0.4) is 0 Å². The van der Waals surface area contributed by atoms with Crippen molar-refractivity contribution in [1.82, 2.24) is 4.98 Å². The van der Waals surface area contributed by atoms with Crippen LogP contribution in [0, 0.1) is 5.92 Å². The average Bonchev–Trinajstić information content (AvgIpc) is 3.07. The molecule has 42 heavy (non-hydrogen) atoms. The summed E-state index contributed by atoms with van der Waals surface area (Å²) in [7, 11) is 0. The van der Waals surface area contributed by atoms with E-state index in [0.717, 1.165) is 46.6 Å².